The fourth-order valence-corrected chi connectivity index (χ4v) is 1.33. The molecule has 0 saturated carbocycles. The zero-order valence-electron chi connectivity index (χ0n) is 10.2. The summed E-state index contributed by atoms with van der Waals surface area (Å²) >= 11 is 0. The molecule has 0 aliphatic rings. The quantitative estimate of drug-likeness (QED) is 0.807. The zero-order chi connectivity index (χ0) is 12.2. The standard InChI is InChI=1S/C13H20FNO/c1-4-13(2,3)9-15-8-10-5-6-12(16)11(14)7-10/h5-7,15-16H,4,8-9H2,1-3H3. The van der Waals surface area contributed by atoms with Crippen LogP contribution in [0.2, 0.25) is 0 Å². The Hall–Kier alpha value is -1.09. The van der Waals surface area contributed by atoms with Crippen molar-refractivity contribution in [2.45, 2.75) is 33.7 Å². The number of aromatic hydroxyl groups is 1. The topological polar surface area (TPSA) is 32.3 Å². The van der Waals surface area contributed by atoms with Gasteiger partial charge in [-0.2, -0.15) is 0 Å². The van der Waals surface area contributed by atoms with Gasteiger partial charge in [0.25, 0.3) is 0 Å². The Morgan fingerprint density at radius 1 is 1.38 bits per heavy atom. The molecular formula is C13H20FNO. The second-order valence-corrected chi connectivity index (χ2v) is 4.91. The predicted molar refractivity (Wildman–Crippen MR) is 63.8 cm³/mol. The lowest BCUT2D eigenvalue weighted by Gasteiger charge is -2.23. The molecule has 3 heteroatoms. The van der Waals surface area contributed by atoms with Gasteiger partial charge in [0.1, 0.15) is 0 Å². The van der Waals surface area contributed by atoms with Crippen molar-refractivity contribution < 1.29 is 9.50 Å². The smallest absolute Gasteiger partial charge is 0.165 e. The largest absolute Gasteiger partial charge is 0.505 e. The highest BCUT2D eigenvalue weighted by Gasteiger charge is 2.13. The summed E-state index contributed by atoms with van der Waals surface area (Å²) < 4.78 is 13.0. The van der Waals surface area contributed by atoms with E-state index < -0.39 is 5.82 Å². The Bertz CT molecular complexity index is 350. The Morgan fingerprint density at radius 2 is 2.06 bits per heavy atom. The monoisotopic (exact) mass is 225 g/mol. The van der Waals surface area contributed by atoms with E-state index in [1.807, 2.05) is 0 Å². The van der Waals surface area contributed by atoms with Gasteiger partial charge in [0.05, 0.1) is 0 Å². The van der Waals surface area contributed by atoms with Crippen molar-refractivity contribution in [1.82, 2.24) is 5.32 Å². The lowest BCUT2D eigenvalue weighted by molar-refractivity contribution is 0.327. The first-order valence-corrected chi connectivity index (χ1v) is 5.63. The molecule has 0 radical (unpaired) electrons. The molecule has 2 N–H and O–H groups in total. The molecule has 0 aromatic heterocycles. The van der Waals surface area contributed by atoms with Crippen LogP contribution in [0.25, 0.3) is 0 Å². The first kappa shape index (κ1) is 13.0. The van der Waals surface area contributed by atoms with Crippen molar-refractivity contribution in [3.05, 3.63) is 29.6 Å². The number of hydrogen-bond acceptors (Lipinski definition) is 2. The van der Waals surface area contributed by atoms with Gasteiger partial charge in [-0.05, 0) is 29.5 Å². The number of phenolic OH excluding ortho intramolecular Hbond substituents is 1. The summed E-state index contributed by atoms with van der Waals surface area (Å²) in [5, 5.41) is 12.3. The van der Waals surface area contributed by atoms with E-state index in [9.17, 15) is 4.39 Å². The Balaban J connectivity index is 2.46. The molecule has 1 aromatic rings. The maximum Gasteiger partial charge on any atom is 0.165 e. The average Bonchev–Trinajstić information content (AvgIpc) is 2.23. The zero-order valence-corrected chi connectivity index (χ0v) is 10.2. The van der Waals surface area contributed by atoms with Crippen LogP contribution < -0.4 is 5.32 Å². The average molecular weight is 225 g/mol. The highest BCUT2D eigenvalue weighted by atomic mass is 19.1. The van der Waals surface area contributed by atoms with E-state index in [0.29, 0.717) is 6.54 Å². The van der Waals surface area contributed by atoms with Crippen molar-refractivity contribution in [2.24, 2.45) is 5.41 Å². The first-order valence-electron chi connectivity index (χ1n) is 5.63. The molecule has 0 aliphatic heterocycles. The molecule has 0 aliphatic carbocycles. The number of benzene rings is 1. The molecule has 1 rings (SSSR count). The number of nitrogens with one attached hydrogen (secondary N) is 1. The lowest BCUT2D eigenvalue weighted by Crippen LogP contribution is -2.28. The molecule has 16 heavy (non-hydrogen) atoms. The minimum absolute atomic E-state index is 0.259. The fraction of sp³-hybridized carbons (Fsp3) is 0.538. The molecule has 0 unspecified atom stereocenters. The first-order chi connectivity index (χ1) is 7.44. The van der Waals surface area contributed by atoms with Crippen molar-refractivity contribution in [2.75, 3.05) is 6.54 Å². The molecule has 1 aromatic carbocycles. The summed E-state index contributed by atoms with van der Waals surface area (Å²) in [6.45, 7) is 8.06. The summed E-state index contributed by atoms with van der Waals surface area (Å²) in [7, 11) is 0. The van der Waals surface area contributed by atoms with Gasteiger partial charge in [0, 0.05) is 13.1 Å². The van der Waals surface area contributed by atoms with E-state index in [-0.39, 0.29) is 11.2 Å². The number of halogens is 1. The van der Waals surface area contributed by atoms with Gasteiger partial charge >= 0.3 is 0 Å². The lowest BCUT2D eigenvalue weighted by atomic mass is 9.90. The van der Waals surface area contributed by atoms with Gasteiger partial charge in [0.2, 0.25) is 0 Å². The highest BCUT2D eigenvalue weighted by Crippen LogP contribution is 2.19. The van der Waals surface area contributed by atoms with Crippen LogP contribution >= 0.6 is 0 Å². The summed E-state index contributed by atoms with van der Waals surface area (Å²) in [5.41, 5.74) is 1.11. The van der Waals surface area contributed by atoms with Crippen molar-refractivity contribution >= 4 is 0 Å². The van der Waals surface area contributed by atoms with Crippen molar-refractivity contribution in [3.8, 4) is 5.75 Å². The number of rotatable bonds is 5. The van der Waals surface area contributed by atoms with E-state index >= 15 is 0 Å². The second kappa shape index (κ2) is 5.30. The second-order valence-electron chi connectivity index (χ2n) is 4.91. The van der Waals surface area contributed by atoms with Gasteiger partial charge in [-0.3, -0.25) is 0 Å². The normalized spacial score (nSPS) is 11.8. The number of hydrogen-bond donors (Lipinski definition) is 2. The minimum atomic E-state index is -0.561. The molecule has 0 amide bonds. The molecule has 0 fully saturated rings. The fourth-order valence-electron chi connectivity index (χ4n) is 1.33. The third-order valence-electron chi connectivity index (χ3n) is 2.90. The van der Waals surface area contributed by atoms with Crippen molar-refractivity contribution in [1.29, 1.82) is 0 Å². The minimum Gasteiger partial charge on any atom is -0.505 e. The molecule has 0 spiro atoms. The third kappa shape index (κ3) is 3.81. The summed E-state index contributed by atoms with van der Waals surface area (Å²) in [4.78, 5) is 0. The van der Waals surface area contributed by atoms with Crippen LogP contribution in [0.4, 0.5) is 4.39 Å². The van der Waals surface area contributed by atoms with Crippen LogP contribution in [0.5, 0.6) is 5.75 Å². The van der Waals surface area contributed by atoms with E-state index in [1.165, 1.54) is 12.1 Å². The van der Waals surface area contributed by atoms with E-state index in [0.717, 1.165) is 18.5 Å². The summed E-state index contributed by atoms with van der Waals surface area (Å²) in [6.07, 6.45) is 1.10. The maximum absolute atomic E-state index is 13.0. The molecule has 2 nitrogen and oxygen atoms in total. The Kier molecular flexibility index (Phi) is 4.30. The number of phenols is 1. The van der Waals surface area contributed by atoms with Crippen LogP contribution in [-0.4, -0.2) is 11.7 Å². The Labute approximate surface area is 96.5 Å². The van der Waals surface area contributed by atoms with E-state index in [1.54, 1.807) is 6.07 Å². The molecule has 90 valence electrons. The van der Waals surface area contributed by atoms with Crippen LogP contribution in [0.15, 0.2) is 18.2 Å². The molecule has 0 atom stereocenters. The van der Waals surface area contributed by atoms with Gasteiger partial charge in [0.15, 0.2) is 11.6 Å². The molecular weight excluding hydrogens is 205 g/mol. The summed E-state index contributed by atoms with van der Waals surface area (Å²) in [6, 6.07) is 4.48. The maximum atomic E-state index is 13.0. The van der Waals surface area contributed by atoms with Gasteiger partial charge in [-0.25, -0.2) is 4.39 Å². The van der Waals surface area contributed by atoms with Crippen molar-refractivity contribution in [3.63, 3.8) is 0 Å². The van der Waals surface area contributed by atoms with Crippen LogP contribution in [0.3, 0.4) is 0 Å². The highest BCUT2D eigenvalue weighted by molar-refractivity contribution is 5.27. The molecule has 0 bridgehead atoms. The van der Waals surface area contributed by atoms with Crippen LogP contribution in [0.1, 0.15) is 32.8 Å². The Morgan fingerprint density at radius 3 is 2.62 bits per heavy atom. The predicted octanol–water partition coefficient (Wildman–Crippen LogP) is 3.06. The van der Waals surface area contributed by atoms with Gasteiger partial charge < -0.3 is 10.4 Å². The third-order valence-corrected chi connectivity index (χ3v) is 2.90. The van der Waals surface area contributed by atoms with Gasteiger partial charge in [-0.15, -0.1) is 0 Å². The van der Waals surface area contributed by atoms with Gasteiger partial charge in [-0.1, -0.05) is 26.8 Å². The molecule has 0 saturated heterocycles. The van der Waals surface area contributed by atoms with E-state index in [4.69, 9.17) is 5.11 Å². The SMILES string of the molecule is CCC(C)(C)CNCc1ccc(O)c(F)c1. The molecule has 0 heterocycles. The van der Waals surface area contributed by atoms with Crippen LogP contribution in [-0.2, 0) is 6.54 Å². The summed E-state index contributed by atoms with van der Waals surface area (Å²) in [5.74, 6) is -0.855. The van der Waals surface area contributed by atoms with E-state index in [2.05, 4.69) is 26.1 Å². The van der Waals surface area contributed by atoms with Crippen LogP contribution in [0, 0.1) is 11.2 Å².